The quantitative estimate of drug-likeness (QED) is 0.366. The number of aromatic hydroxyl groups is 3. The van der Waals surface area contributed by atoms with Gasteiger partial charge in [0.25, 0.3) is 0 Å². The smallest absolute Gasteiger partial charge is 0.199 e. The second kappa shape index (κ2) is 8.93. The van der Waals surface area contributed by atoms with Crippen LogP contribution in [0.5, 0.6) is 28.9 Å². The van der Waals surface area contributed by atoms with Crippen LogP contribution < -0.4 is 9.47 Å². The van der Waals surface area contributed by atoms with Crippen molar-refractivity contribution < 1.29 is 24.8 Å². The zero-order valence-corrected chi connectivity index (χ0v) is 17.8. The molecule has 0 saturated heterocycles. The molecule has 4 rings (SSSR count). The van der Waals surface area contributed by atoms with Crippen molar-refractivity contribution in [3.8, 4) is 28.9 Å². The van der Waals surface area contributed by atoms with E-state index in [1.165, 1.54) is 18.3 Å². The lowest BCUT2D eigenvalue weighted by molar-refractivity contribution is 0.354. The molecule has 7 nitrogen and oxygen atoms in total. The van der Waals surface area contributed by atoms with Crippen LogP contribution in [0, 0.1) is 0 Å². The predicted octanol–water partition coefficient (Wildman–Crippen LogP) is 4.77. The molecule has 0 radical (unpaired) electrons. The van der Waals surface area contributed by atoms with Crippen molar-refractivity contribution in [2.24, 2.45) is 4.99 Å². The first-order valence-electron chi connectivity index (χ1n) is 10.1. The lowest BCUT2D eigenvalue weighted by atomic mass is 10.1. The number of aromatic nitrogens is 1. The first kappa shape index (κ1) is 21.1. The Bertz CT molecular complexity index is 1290. The second-order valence-corrected chi connectivity index (χ2v) is 7.33. The standard InChI is InChI=1S/C25H24N2O5/c1-31-23-9-6-16(12-24(23)32-2)10-11-27-15-20-19(25(27)30)4-3-5-21(20)26-14-17-7-8-18(28)13-22(17)29/h3-9,12-15,28-30H,10-11H2,1-2H3. The van der Waals surface area contributed by atoms with Gasteiger partial charge in [-0.05, 0) is 48.4 Å². The first-order chi connectivity index (χ1) is 15.5. The van der Waals surface area contributed by atoms with E-state index in [4.69, 9.17) is 9.47 Å². The zero-order chi connectivity index (χ0) is 22.7. The maximum atomic E-state index is 10.7. The Balaban J connectivity index is 1.59. The van der Waals surface area contributed by atoms with Crippen molar-refractivity contribution in [3.05, 3.63) is 71.9 Å². The molecule has 164 valence electrons. The van der Waals surface area contributed by atoms with E-state index in [1.807, 2.05) is 42.6 Å². The van der Waals surface area contributed by atoms with Crippen molar-refractivity contribution in [1.29, 1.82) is 0 Å². The average Bonchev–Trinajstić information content (AvgIpc) is 3.13. The summed E-state index contributed by atoms with van der Waals surface area (Å²) >= 11 is 0. The first-order valence-corrected chi connectivity index (χ1v) is 10.1. The Kier molecular flexibility index (Phi) is 5.89. The number of phenols is 2. The summed E-state index contributed by atoms with van der Waals surface area (Å²) in [6, 6.07) is 15.6. The highest BCUT2D eigenvalue weighted by Gasteiger charge is 2.12. The molecule has 1 heterocycles. The summed E-state index contributed by atoms with van der Waals surface area (Å²) in [5.41, 5.74) is 2.20. The van der Waals surface area contributed by atoms with E-state index in [0.29, 0.717) is 41.1 Å². The fourth-order valence-electron chi connectivity index (χ4n) is 3.60. The Hall–Kier alpha value is -4.13. The van der Waals surface area contributed by atoms with Crippen LogP contribution in [0.25, 0.3) is 10.8 Å². The number of hydrogen-bond acceptors (Lipinski definition) is 6. The van der Waals surface area contributed by atoms with E-state index < -0.39 is 0 Å². The molecule has 1 aromatic heterocycles. The molecule has 7 heteroatoms. The van der Waals surface area contributed by atoms with Gasteiger partial charge >= 0.3 is 0 Å². The number of phenolic OH excluding ortho intramolecular Hbond substituents is 2. The summed E-state index contributed by atoms with van der Waals surface area (Å²) in [6.07, 6.45) is 4.09. The monoisotopic (exact) mass is 432 g/mol. The van der Waals surface area contributed by atoms with Crippen LogP contribution in [0.3, 0.4) is 0 Å². The number of methoxy groups -OCH3 is 2. The summed E-state index contributed by atoms with van der Waals surface area (Å²) < 4.78 is 12.4. The van der Waals surface area contributed by atoms with Crippen molar-refractivity contribution >= 4 is 22.7 Å². The summed E-state index contributed by atoms with van der Waals surface area (Å²) in [6.45, 7) is 0.567. The minimum atomic E-state index is -0.0590. The van der Waals surface area contributed by atoms with Gasteiger partial charge in [-0.25, -0.2) is 0 Å². The highest BCUT2D eigenvalue weighted by atomic mass is 16.5. The summed E-state index contributed by atoms with van der Waals surface area (Å²) in [5, 5.41) is 31.6. The molecule has 0 saturated carbocycles. The van der Waals surface area contributed by atoms with Crippen LogP contribution in [0.4, 0.5) is 5.69 Å². The maximum Gasteiger partial charge on any atom is 0.199 e. The third-order valence-corrected chi connectivity index (χ3v) is 5.33. The van der Waals surface area contributed by atoms with Crippen molar-refractivity contribution in [2.75, 3.05) is 14.2 Å². The number of hydrogen-bond donors (Lipinski definition) is 3. The molecule has 0 bridgehead atoms. The minimum Gasteiger partial charge on any atom is -0.508 e. The van der Waals surface area contributed by atoms with Gasteiger partial charge in [0.05, 0.1) is 19.9 Å². The molecular formula is C25H24N2O5. The molecule has 4 aromatic rings. The van der Waals surface area contributed by atoms with Crippen molar-refractivity contribution in [2.45, 2.75) is 13.0 Å². The highest BCUT2D eigenvalue weighted by molar-refractivity contribution is 5.98. The number of aliphatic imine (C=N–C) groups is 1. The van der Waals surface area contributed by atoms with Gasteiger partial charge < -0.3 is 29.4 Å². The van der Waals surface area contributed by atoms with Crippen molar-refractivity contribution in [1.82, 2.24) is 4.57 Å². The number of rotatable bonds is 7. The SMILES string of the molecule is COc1ccc(CCn2cc3c(N=Cc4ccc(O)cc4O)cccc3c2O)cc1OC. The number of benzene rings is 3. The van der Waals surface area contributed by atoms with Gasteiger partial charge in [-0.2, -0.15) is 0 Å². The number of fused-ring (bicyclic) bond motifs is 1. The molecule has 0 aliphatic heterocycles. The number of aryl methyl sites for hydroxylation is 2. The lowest BCUT2D eigenvalue weighted by Gasteiger charge is -2.10. The van der Waals surface area contributed by atoms with Crippen LogP contribution in [0.2, 0.25) is 0 Å². The highest BCUT2D eigenvalue weighted by Crippen LogP contribution is 2.35. The van der Waals surface area contributed by atoms with Gasteiger partial charge in [0.15, 0.2) is 17.4 Å². The van der Waals surface area contributed by atoms with Gasteiger partial charge in [-0.1, -0.05) is 12.1 Å². The number of ether oxygens (including phenoxy) is 2. The maximum absolute atomic E-state index is 10.7. The van der Waals surface area contributed by atoms with Gasteiger partial charge in [-0.15, -0.1) is 0 Å². The van der Waals surface area contributed by atoms with Crippen LogP contribution in [-0.4, -0.2) is 40.3 Å². The summed E-state index contributed by atoms with van der Waals surface area (Å²) in [5.74, 6) is 1.44. The molecule has 3 aromatic carbocycles. The average molecular weight is 432 g/mol. The normalized spacial score (nSPS) is 11.3. The van der Waals surface area contributed by atoms with Crippen LogP contribution in [0.1, 0.15) is 11.1 Å². The molecule has 0 aliphatic carbocycles. The third kappa shape index (κ3) is 4.18. The Morgan fingerprint density at radius 2 is 1.72 bits per heavy atom. The van der Waals surface area contributed by atoms with E-state index in [9.17, 15) is 15.3 Å². The predicted molar refractivity (Wildman–Crippen MR) is 124 cm³/mol. The summed E-state index contributed by atoms with van der Waals surface area (Å²) in [7, 11) is 3.20. The van der Waals surface area contributed by atoms with Gasteiger partial charge in [0.2, 0.25) is 0 Å². The summed E-state index contributed by atoms with van der Waals surface area (Å²) in [4.78, 5) is 4.49. The number of nitrogens with zero attached hydrogens (tertiary/aromatic N) is 2. The van der Waals surface area contributed by atoms with Gasteiger partial charge in [-0.3, -0.25) is 4.99 Å². The molecule has 0 fully saturated rings. The Morgan fingerprint density at radius 1 is 0.906 bits per heavy atom. The molecule has 0 aliphatic rings. The molecule has 32 heavy (non-hydrogen) atoms. The van der Waals surface area contributed by atoms with Crippen LogP contribution in [-0.2, 0) is 13.0 Å². The zero-order valence-electron chi connectivity index (χ0n) is 17.8. The Morgan fingerprint density at radius 3 is 2.47 bits per heavy atom. The molecular weight excluding hydrogens is 408 g/mol. The van der Waals surface area contributed by atoms with E-state index in [-0.39, 0.29) is 17.4 Å². The van der Waals surface area contributed by atoms with Crippen molar-refractivity contribution in [3.63, 3.8) is 0 Å². The third-order valence-electron chi connectivity index (χ3n) is 5.33. The van der Waals surface area contributed by atoms with Gasteiger partial charge in [0, 0.05) is 41.4 Å². The van der Waals surface area contributed by atoms with E-state index >= 15 is 0 Å². The van der Waals surface area contributed by atoms with Crippen LogP contribution in [0.15, 0.2) is 65.8 Å². The molecule has 0 amide bonds. The van der Waals surface area contributed by atoms with E-state index in [2.05, 4.69) is 4.99 Å². The van der Waals surface area contributed by atoms with Crippen LogP contribution >= 0.6 is 0 Å². The molecule has 0 spiro atoms. The largest absolute Gasteiger partial charge is 0.508 e. The van der Waals surface area contributed by atoms with E-state index in [1.54, 1.807) is 24.9 Å². The topological polar surface area (TPSA) is 96.4 Å². The molecule has 0 unspecified atom stereocenters. The van der Waals surface area contributed by atoms with E-state index in [0.717, 1.165) is 10.9 Å². The fraction of sp³-hybridized carbons (Fsp3) is 0.160. The second-order valence-electron chi connectivity index (χ2n) is 7.33. The Labute approximate surface area is 185 Å². The molecule has 3 N–H and O–H groups in total. The van der Waals surface area contributed by atoms with Gasteiger partial charge in [0.1, 0.15) is 11.5 Å². The molecule has 0 atom stereocenters. The fourth-order valence-corrected chi connectivity index (χ4v) is 3.60. The lowest BCUT2D eigenvalue weighted by Crippen LogP contribution is -2.00. The minimum absolute atomic E-state index is 0.0155.